The number of nitrogens with one attached hydrogen (secondary N) is 1. The Balaban J connectivity index is 1.85. The Hall–Kier alpha value is -1.68. The molecule has 0 aliphatic carbocycles. The van der Waals surface area contributed by atoms with Gasteiger partial charge < -0.3 is 5.32 Å². The quantitative estimate of drug-likeness (QED) is 0.899. The first-order chi connectivity index (χ1) is 8.24. The fraction of sp³-hybridized carbons (Fsp3) is 0.231. The highest BCUT2D eigenvalue weighted by molar-refractivity contribution is 7.07. The number of carbonyl (C=O) groups is 1. The molecule has 0 aliphatic rings. The van der Waals surface area contributed by atoms with Crippen molar-refractivity contribution < 1.29 is 4.79 Å². The van der Waals surface area contributed by atoms with Gasteiger partial charge in [-0.2, -0.15) is 0 Å². The number of hydrogen-bond donors (Lipinski definition) is 1. The van der Waals surface area contributed by atoms with Crippen LogP contribution in [0.2, 0.25) is 0 Å². The van der Waals surface area contributed by atoms with Gasteiger partial charge in [-0.25, -0.2) is 4.98 Å². The van der Waals surface area contributed by atoms with Crippen molar-refractivity contribution in [2.24, 2.45) is 0 Å². The number of aryl methyl sites for hydroxylation is 1. The number of carbonyl (C=O) groups excluding carboxylic acids is 1. The van der Waals surface area contributed by atoms with E-state index in [2.05, 4.69) is 10.3 Å². The van der Waals surface area contributed by atoms with E-state index in [1.165, 1.54) is 16.9 Å². The second-order valence-electron chi connectivity index (χ2n) is 3.92. The Morgan fingerprint density at radius 1 is 1.47 bits per heavy atom. The van der Waals surface area contributed by atoms with Gasteiger partial charge in [0.25, 0.3) is 0 Å². The molecule has 4 heteroatoms. The minimum absolute atomic E-state index is 0.0311. The summed E-state index contributed by atoms with van der Waals surface area (Å²) >= 11 is 1.53. The summed E-state index contributed by atoms with van der Waals surface area (Å²) in [5, 5.41) is 4.80. The first kappa shape index (κ1) is 11.8. The number of thiazole rings is 1. The Bertz CT molecular complexity index is 494. The summed E-state index contributed by atoms with van der Waals surface area (Å²) in [7, 11) is 0. The molecular weight excluding hydrogens is 232 g/mol. The molecule has 0 atom stereocenters. The molecule has 1 amide bonds. The summed E-state index contributed by atoms with van der Waals surface area (Å²) in [4.78, 5) is 15.8. The van der Waals surface area contributed by atoms with Gasteiger partial charge in [0.2, 0.25) is 5.91 Å². The molecule has 2 aromatic rings. The van der Waals surface area contributed by atoms with Crippen LogP contribution in [-0.4, -0.2) is 10.9 Å². The van der Waals surface area contributed by atoms with Gasteiger partial charge in [-0.1, -0.05) is 29.8 Å². The molecular formula is C13H14N2OS. The van der Waals surface area contributed by atoms with E-state index in [1.54, 1.807) is 5.51 Å². The smallest absolute Gasteiger partial charge is 0.224 e. The maximum atomic E-state index is 11.7. The normalized spacial score (nSPS) is 10.2. The van der Waals surface area contributed by atoms with E-state index in [1.807, 2.05) is 36.6 Å². The van der Waals surface area contributed by atoms with E-state index in [0.29, 0.717) is 13.0 Å². The molecule has 0 fully saturated rings. The van der Waals surface area contributed by atoms with E-state index in [9.17, 15) is 4.79 Å². The lowest BCUT2D eigenvalue weighted by atomic mass is 10.1. The van der Waals surface area contributed by atoms with Gasteiger partial charge in [0.05, 0.1) is 24.2 Å². The van der Waals surface area contributed by atoms with Gasteiger partial charge in [-0.05, 0) is 12.5 Å². The second kappa shape index (κ2) is 5.59. The molecule has 0 spiro atoms. The summed E-state index contributed by atoms with van der Waals surface area (Å²) in [5.74, 6) is 0.0311. The van der Waals surface area contributed by atoms with Crippen LogP contribution in [0.15, 0.2) is 35.2 Å². The van der Waals surface area contributed by atoms with Crippen LogP contribution in [0.25, 0.3) is 0 Å². The first-order valence-electron chi connectivity index (χ1n) is 5.43. The van der Waals surface area contributed by atoms with Gasteiger partial charge in [-0.15, -0.1) is 11.3 Å². The number of aromatic nitrogens is 1. The fourth-order valence-electron chi connectivity index (χ4n) is 1.58. The molecule has 0 saturated heterocycles. The number of hydrogen-bond acceptors (Lipinski definition) is 3. The van der Waals surface area contributed by atoms with Crippen molar-refractivity contribution in [2.75, 3.05) is 0 Å². The molecule has 0 unspecified atom stereocenters. The summed E-state index contributed by atoms with van der Waals surface area (Å²) in [6, 6.07) is 7.99. The lowest BCUT2D eigenvalue weighted by Crippen LogP contribution is -2.24. The zero-order valence-electron chi connectivity index (χ0n) is 9.64. The third kappa shape index (κ3) is 3.67. The van der Waals surface area contributed by atoms with Crippen LogP contribution in [0, 0.1) is 6.92 Å². The van der Waals surface area contributed by atoms with Crippen molar-refractivity contribution in [3.63, 3.8) is 0 Å². The molecule has 88 valence electrons. The molecule has 3 nitrogen and oxygen atoms in total. The van der Waals surface area contributed by atoms with Gasteiger partial charge in [-0.3, -0.25) is 4.79 Å². The van der Waals surface area contributed by atoms with Crippen molar-refractivity contribution in [3.8, 4) is 0 Å². The molecule has 1 N–H and O–H groups in total. The first-order valence-corrected chi connectivity index (χ1v) is 6.37. The van der Waals surface area contributed by atoms with Gasteiger partial charge in [0.1, 0.15) is 0 Å². The molecule has 17 heavy (non-hydrogen) atoms. The molecule has 0 radical (unpaired) electrons. The Morgan fingerprint density at radius 3 is 3.06 bits per heavy atom. The zero-order valence-corrected chi connectivity index (χ0v) is 10.5. The molecule has 0 saturated carbocycles. The van der Waals surface area contributed by atoms with Gasteiger partial charge in [0.15, 0.2) is 0 Å². The molecule has 0 aliphatic heterocycles. The average Bonchev–Trinajstić information content (AvgIpc) is 2.79. The third-order valence-electron chi connectivity index (χ3n) is 2.40. The van der Waals surface area contributed by atoms with Crippen molar-refractivity contribution in [2.45, 2.75) is 19.9 Å². The maximum Gasteiger partial charge on any atom is 0.224 e. The van der Waals surface area contributed by atoms with Crippen LogP contribution >= 0.6 is 11.3 Å². The van der Waals surface area contributed by atoms with Crippen molar-refractivity contribution in [3.05, 3.63) is 52.0 Å². The predicted molar refractivity (Wildman–Crippen MR) is 68.8 cm³/mol. The highest BCUT2D eigenvalue weighted by Crippen LogP contribution is 2.05. The maximum absolute atomic E-state index is 11.7. The summed E-state index contributed by atoms with van der Waals surface area (Å²) in [6.45, 7) is 2.53. The van der Waals surface area contributed by atoms with Crippen molar-refractivity contribution >= 4 is 17.2 Å². The van der Waals surface area contributed by atoms with Crippen LogP contribution in [0.5, 0.6) is 0 Å². The molecule has 1 heterocycles. The van der Waals surface area contributed by atoms with E-state index in [-0.39, 0.29) is 5.91 Å². The highest BCUT2D eigenvalue weighted by atomic mass is 32.1. The largest absolute Gasteiger partial charge is 0.350 e. The summed E-state index contributed by atoms with van der Waals surface area (Å²) < 4.78 is 0. The Morgan fingerprint density at radius 2 is 2.35 bits per heavy atom. The van der Waals surface area contributed by atoms with Gasteiger partial charge in [0, 0.05) is 5.38 Å². The zero-order chi connectivity index (χ0) is 12.1. The molecule has 2 rings (SSSR count). The number of nitrogens with zero attached hydrogens (tertiary/aromatic N) is 1. The van der Waals surface area contributed by atoms with Crippen molar-refractivity contribution in [1.82, 2.24) is 10.3 Å². The number of benzene rings is 1. The Kier molecular flexibility index (Phi) is 3.88. The Labute approximate surface area is 105 Å². The molecule has 1 aromatic carbocycles. The van der Waals surface area contributed by atoms with E-state index >= 15 is 0 Å². The average molecular weight is 246 g/mol. The molecule has 1 aromatic heterocycles. The molecule has 0 bridgehead atoms. The van der Waals surface area contributed by atoms with Crippen LogP contribution in [0.4, 0.5) is 0 Å². The lowest BCUT2D eigenvalue weighted by molar-refractivity contribution is -0.120. The standard InChI is InChI=1S/C13H14N2OS/c1-10-3-2-4-11(5-10)6-13(16)14-7-12-8-17-9-15-12/h2-5,8-9H,6-7H2,1H3,(H,14,16). The number of amides is 1. The summed E-state index contributed by atoms with van der Waals surface area (Å²) in [6.07, 6.45) is 0.422. The third-order valence-corrected chi connectivity index (χ3v) is 3.03. The minimum atomic E-state index is 0.0311. The highest BCUT2D eigenvalue weighted by Gasteiger charge is 2.03. The minimum Gasteiger partial charge on any atom is -0.350 e. The number of rotatable bonds is 4. The van der Waals surface area contributed by atoms with E-state index in [4.69, 9.17) is 0 Å². The van der Waals surface area contributed by atoms with Crippen LogP contribution < -0.4 is 5.32 Å². The lowest BCUT2D eigenvalue weighted by Gasteiger charge is -2.04. The van der Waals surface area contributed by atoms with Crippen LogP contribution in [0.1, 0.15) is 16.8 Å². The summed E-state index contributed by atoms with van der Waals surface area (Å²) in [5.41, 5.74) is 4.89. The van der Waals surface area contributed by atoms with E-state index < -0.39 is 0 Å². The van der Waals surface area contributed by atoms with Crippen molar-refractivity contribution in [1.29, 1.82) is 0 Å². The van der Waals surface area contributed by atoms with Crippen LogP contribution in [0.3, 0.4) is 0 Å². The van der Waals surface area contributed by atoms with Gasteiger partial charge >= 0.3 is 0 Å². The SMILES string of the molecule is Cc1cccc(CC(=O)NCc2cscn2)c1. The predicted octanol–water partition coefficient (Wildman–Crippen LogP) is 2.31. The van der Waals surface area contributed by atoms with E-state index in [0.717, 1.165) is 11.3 Å². The topological polar surface area (TPSA) is 42.0 Å². The van der Waals surface area contributed by atoms with Crippen LogP contribution in [-0.2, 0) is 17.8 Å². The fourth-order valence-corrected chi connectivity index (χ4v) is 2.14. The monoisotopic (exact) mass is 246 g/mol. The second-order valence-corrected chi connectivity index (χ2v) is 4.64.